The van der Waals surface area contributed by atoms with Crippen molar-refractivity contribution in [3.05, 3.63) is 78.4 Å². The highest BCUT2D eigenvalue weighted by molar-refractivity contribution is 6.00. The van der Waals surface area contributed by atoms with E-state index in [9.17, 15) is 9.59 Å². The molecule has 0 radical (unpaired) electrons. The van der Waals surface area contributed by atoms with E-state index in [4.69, 9.17) is 4.74 Å². The molecule has 3 aromatic rings. The molecule has 0 fully saturated rings. The standard InChI is InChI=1S/C29H32N2O3/c1-20(2)18-31-25-17-24(14-15-26(25)34-19-29(3,4)28(31)33)30-27(32)16-21-10-12-23(13-11-21)22-8-6-5-7-9-22/h5-15,17,20H,16,18-19H2,1-4H3,(H,30,32). The van der Waals surface area contributed by atoms with Gasteiger partial charge in [-0.2, -0.15) is 0 Å². The first-order valence-electron chi connectivity index (χ1n) is 11.8. The maximum Gasteiger partial charge on any atom is 0.236 e. The van der Waals surface area contributed by atoms with Crippen LogP contribution in [-0.4, -0.2) is 25.0 Å². The number of hydrogen-bond acceptors (Lipinski definition) is 3. The SMILES string of the molecule is CC(C)CN1C(=O)C(C)(C)COc2ccc(NC(=O)Cc3ccc(-c4ccccc4)cc3)cc21. The second-order valence-electron chi connectivity index (χ2n) is 9.95. The quantitative estimate of drug-likeness (QED) is 0.499. The maximum absolute atomic E-state index is 13.2. The van der Waals surface area contributed by atoms with Crippen LogP contribution in [0.3, 0.4) is 0 Å². The molecule has 0 bridgehead atoms. The van der Waals surface area contributed by atoms with Crippen LogP contribution in [-0.2, 0) is 16.0 Å². The van der Waals surface area contributed by atoms with Gasteiger partial charge in [-0.3, -0.25) is 9.59 Å². The van der Waals surface area contributed by atoms with Crippen molar-refractivity contribution < 1.29 is 14.3 Å². The van der Waals surface area contributed by atoms with Crippen molar-refractivity contribution in [1.82, 2.24) is 0 Å². The molecule has 34 heavy (non-hydrogen) atoms. The van der Waals surface area contributed by atoms with Gasteiger partial charge in [0.15, 0.2) is 0 Å². The normalized spacial score (nSPS) is 14.9. The van der Waals surface area contributed by atoms with E-state index in [1.54, 1.807) is 4.90 Å². The second-order valence-corrected chi connectivity index (χ2v) is 9.95. The zero-order valence-electron chi connectivity index (χ0n) is 20.3. The number of carbonyl (C=O) groups is 2. The topological polar surface area (TPSA) is 58.6 Å². The fraction of sp³-hybridized carbons (Fsp3) is 0.310. The van der Waals surface area contributed by atoms with Crippen LogP contribution < -0.4 is 15.0 Å². The second kappa shape index (κ2) is 9.72. The van der Waals surface area contributed by atoms with Gasteiger partial charge in [0.2, 0.25) is 11.8 Å². The number of carbonyl (C=O) groups excluding carboxylic acids is 2. The van der Waals surface area contributed by atoms with E-state index < -0.39 is 5.41 Å². The summed E-state index contributed by atoms with van der Waals surface area (Å²) in [4.78, 5) is 27.8. The van der Waals surface area contributed by atoms with Gasteiger partial charge >= 0.3 is 0 Å². The average Bonchev–Trinajstić information content (AvgIpc) is 2.90. The van der Waals surface area contributed by atoms with E-state index in [1.807, 2.05) is 74.5 Å². The lowest BCUT2D eigenvalue weighted by Crippen LogP contribution is -2.43. The summed E-state index contributed by atoms with van der Waals surface area (Å²) in [5.74, 6) is 0.878. The van der Waals surface area contributed by atoms with Crippen molar-refractivity contribution in [2.75, 3.05) is 23.4 Å². The number of hydrogen-bond donors (Lipinski definition) is 1. The smallest absolute Gasteiger partial charge is 0.236 e. The largest absolute Gasteiger partial charge is 0.490 e. The zero-order valence-corrected chi connectivity index (χ0v) is 20.3. The van der Waals surface area contributed by atoms with Crippen molar-refractivity contribution in [3.63, 3.8) is 0 Å². The summed E-state index contributed by atoms with van der Waals surface area (Å²) in [6.45, 7) is 8.88. The molecule has 0 aliphatic carbocycles. The third-order valence-corrected chi connectivity index (χ3v) is 5.92. The summed E-state index contributed by atoms with van der Waals surface area (Å²) < 4.78 is 5.97. The van der Waals surface area contributed by atoms with Crippen LogP contribution in [0.25, 0.3) is 11.1 Å². The van der Waals surface area contributed by atoms with E-state index in [2.05, 4.69) is 31.3 Å². The number of nitrogens with zero attached hydrogens (tertiary/aromatic N) is 1. The van der Waals surface area contributed by atoms with Crippen molar-refractivity contribution in [1.29, 1.82) is 0 Å². The van der Waals surface area contributed by atoms with Gasteiger partial charge in [0.25, 0.3) is 0 Å². The fourth-order valence-corrected chi connectivity index (χ4v) is 4.11. The molecule has 176 valence electrons. The summed E-state index contributed by atoms with van der Waals surface area (Å²) in [5, 5.41) is 2.98. The molecule has 2 amide bonds. The van der Waals surface area contributed by atoms with E-state index >= 15 is 0 Å². The molecule has 1 N–H and O–H groups in total. The highest BCUT2D eigenvalue weighted by atomic mass is 16.5. The third-order valence-electron chi connectivity index (χ3n) is 5.92. The highest BCUT2D eigenvalue weighted by Gasteiger charge is 2.38. The highest BCUT2D eigenvalue weighted by Crippen LogP contribution is 2.38. The van der Waals surface area contributed by atoms with Gasteiger partial charge in [-0.1, -0.05) is 68.4 Å². The van der Waals surface area contributed by atoms with Crippen LogP contribution in [0.15, 0.2) is 72.8 Å². The predicted molar refractivity (Wildman–Crippen MR) is 137 cm³/mol. The van der Waals surface area contributed by atoms with Gasteiger partial charge in [-0.25, -0.2) is 0 Å². The Morgan fingerprint density at radius 3 is 2.35 bits per heavy atom. The number of amides is 2. The number of rotatable bonds is 6. The Kier molecular flexibility index (Phi) is 6.73. The summed E-state index contributed by atoms with van der Waals surface area (Å²) >= 11 is 0. The van der Waals surface area contributed by atoms with Gasteiger partial charge in [0, 0.05) is 12.2 Å². The number of benzene rings is 3. The van der Waals surface area contributed by atoms with Gasteiger partial charge in [0.05, 0.1) is 17.5 Å². The Hall–Kier alpha value is -3.60. The number of ether oxygens (including phenoxy) is 1. The Bertz CT molecular complexity index is 1170. The Morgan fingerprint density at radius 2 is 1.68 bits per heavy atom. The minimum absolute atomic E-state index is 0.0296. The van der Waals surface area contributed by atoms with Crippen LogP contribution in [0.2, 0.25) is 0 Å². The lowest BCUT2D eigenvalue weighted by molar-refractivity contribution is -0.127. The Labute approximate surface area is 201 Å². The molecule has 1 aliphatic heterocycles. The van der Waals surface area contributed by atoms with Gasteiger partial charge in [0.1, 0.15) is 12.4 Å². The minimum atomic E-state index is -0.622. The summed E-state index contributed by atoms with van der Waals surface area (Å²) in [6, 6.07) is 23.7. The first kappa shape index (κ1) is 23.6. The van der Waals surface area contributed by atoms with Gasteiger partial charge in [-0.15, -0.1) is 0 Å². The van der Waals surface area contributed by atoms with Crippen LogP contribution in [0.4, 0.5) is 11.4 Å². The Balaban J connectivity index is 1.49. The molecule has 0 saturated carbocycles. The molecule has 5 nitrogen and oxygen atoms in total. The minimum Gasteiger partial charge on any atom is -0.490 e. The molecule has 3 aromatic carbocycles. The third kappa shape index (κ3) is 5.30. The van der Waals surface area contributed by atoms with E-state index in [-0.39, 0.29) is 18.2 Å². The summed E-state index contributed by atoms with van der Waals surface area (Å²) in [5.41, 5.74) is 3.93. The first-order chi connectivity index (χ1) is 16.2. The van der Waals surface area contributed by atoms with Crippen LogP contribution in [0, 0.1) is 11.3 Å². The number of nitrogens with one attached hydrogen (secondary N) is 1. The van der Waals surface area contributed by atoms with Crippen molar-refractivity contribution >= 4 is 23.2 Å². The van der Waals surface area contributed by atoms with Crippen molar-refractivity contribution in [3.8, 4) is 16.9 Å². The van der Waals surface area contributed by atoms with Crippen LogP contribution in [0.1, 0.15) is 33.3 Å². The van der Waals surface area contributed by atoms with Crippen LogP contribution >= 0.6 is 0 Å². The number of anilines is 2. The molecule has 1 aliphatic rings. The van der Waals surface area contributed by atoms with Crippen LogP contribution in [0.5, 0.6) is 5.75 Å². The van der Waals surface area contributed by atoms with E-state index in [0.29, 0.717) is 36.2 Å². The predicted octanol–water partition coefficient (Wildman–Crippen LogP) is 5.94. The molecule has 0 aromatic heterocycles. The summed E-state index contributed by atoms with van der Waals surface area (Å²) in [7, 11) is 0. The molecule has 4 rings (SSSR count). The maximum atomic E-state index is 13.2. The lowest BCUT2D eigenvalue weighted by atomic mass is 9.92. The number of fused-ring (bicyclic) bond motifs is 1. The van der Waals surface area contributed by atoms with Gasteiger partial charge in [-0.05, 0) is 54.7 Å². The molecule has 0 saturated heterocycles. The van der Waals surface area contributed by atoms with E-state index in [1.165, 1.54) is 0 Å². The van der Waals surface area contributed by atoms with E-state index in [0.717, 1.165) is 16.7 Å². The lowest BCUT2D eigenvalue weighted by Gasteiger charge is -2.29. The van der Waals surface area contributed by atoms with Crippen molar-refractivity contribution in [2.45, 2.75) is 34.1 Å². The molecule has 0 atom stereocenters. The monoisotopic (exact) mass is 456 g/mol. The zero-order chi connectivity index (χ0) is 24.3. The molecular formula is C29H32N2O3. The first-order valence-corrected chi connectivity index (χ1v) is 11.8. The average molecular weight is 457 g/mol. The molecule has 0 unspecified atom stereocenters. The molecule has 0 spiro atoms. The summed E-state index contributed by atoms with van der Waals surface area (Å²) in [6.07, 6.45) is 0.268. The molecular weight excluding hydrogens is 424 g/mol. The fourth-order valence-electron chi connectivity index (χ4n) is 4.11. The van der Waals surface area contributed by atoms with Gasteiger partial charge < -0.3 is 15.0 Å². The van der Waals surface area contributed by atoms with Crippen molar-refractivity contribution in [2.24, 2.45) is 11.3 Å². The molecule has 5 heteroatoms. The Morgan fingerprint density at radius 1 is 1.00 bits per heavy atom. The molecule has 1 heterocycles.